The van der Waals surface area contributed by atoms with Crippen LogP contribution in [0.25, 0.3) is 0 Å². The molecule has 0 saturated heterocycles. The molecule has 0 fully saturated rings. The van der Waals surface area contributed by atoms with Crippen LogP contribution in [0.1, 0.15) is 38.2 Å². The molecule has 0 atom stereocenters. The topological polar surface area (TPSA) is 78.3 Å². The molecule has 0 radical (unpaired) electrons. The molecule has 4 nitrogen and oxygen atoms in total. The molecule has 4 N–H and O–H groups in total. The van der Waals surface area contributed by atoms with Gasteiger partial charge in [0, 0.05) is 17.8 Å². The summed E-state index contributed by atoms with van der Waals surface area (Å²) in [6, 6.07) is 5.53. The summed E-state index contributed by atoms with van der Waals surface area (Å²) in [5.41, 5.74) is 13.8. The van der Waals surface area contributed by atoms with Crippen LogP contribution >= 0.6 is 0 Å². The number of unbranched alkanes of at least 4 members (excludes halogenated alkanes) is 1. The molecule has 0 unspecified atom stereocenters. The van der Waals surface area contributed by atoms with Crippen molar-refractivity contribution in [1.82, 2.24) is 0 Å². The van der Waals surface area contributed by atoms with E-state index < -0.39 is 0 Å². The lowest BCUT2D eigenvalue weighted by molar-refractivity contribution is -0.143. The van der Waals surface area contributed by atoms with Crippen molar-refractivity contribution < 1.29 is 9.53 Å². The molecule has 4 heteroatoms. The highest BCUT2D eigenvalue weighted by Gasteiger charge is 2.02. The van der Waals surface area contributed by atoms with Crippen LogP contribution in [0.5, 0.6) is 0 Å². The number of hydrogen-bond donors (Lipinski definition) is 2. The first-order valence-electron chi connectivity index (χ1n) is 6.42. The third-order valence-electron chi connectivity index (χ3n) is 2.64. The Morgan fingerprint density at radius 1 is 1.17 bits per heavy atom. The third kappa shape index (κ3) is 5.57. The van der Waals surface area contributed by atoms with E-state index in [1.165, 1.54) is 0 Å². The third-order valence-corrected chi connectivity index (χ3v) is 2.64. The van der Waals surface area contributed by atoms with E-state index in [1.807, 2.05) is 12.1 Å². The second-order valence-corrected chi connectivity index (χ2v) is 4.44. The second kappa shape index (κ2) is 7.58. The maximum atomic E-state index is 11.3. The fraction of sp³-hybridized carbons (Fsp3) is 0.500. The van der Waals surface area contributed by atoms with Gasteiger partial charge in [-0.2, -0.15) is 0 Å². The number of rotatable bonds is 7. The van der Waals surface area contributed by atoms with E-state index in [-0.39, 0.29) is 5.97 Å². The number of benzene rings is 1. The lowest BCUT2D eigenvalue weighted by atomic mass is 10.1. The van der Waals surface area contributed by atoms with Gasteiger partial charge in [-0.05, 0) is 43.0 Å². The summed E-state index contributed by atoms with van der Waals surface area (Å²) in [5.74, 6) is -0.107. The Morgan fingerprint density at radius 3 is 2.44 bits per heavy atom. The van der Waals surface area contributed by atoms with Gasteiger partial charge in [0.15, 0.2) is 0 Å². The fourth-order valence-corrected chi connectivity index (χ4v) is 1.75. The van der Waals surface area contributed by atoms with Gasteiger partial charge in [0.2, 0.25) is 0 Å². The molecule has 0 bridgehead atoms. The second-order valence-electron chi connectivity index (χ2n) is 4.44. The number of anilines is 2. The van der Waals surface area contributed by atoms with Gasteiger partial charge in [0.25, 0.3) is 0 Å². The van der Waals surface area contributed by atoms with Crippen molar-refractivity contribution in [2.75, 3.05) is 18.1 Å². The van der Waals surface area contributed by atoms with Crippen LogP contribution in [-0.2, 0) is 16.0 Å². The van der Waals surface area contributed by atoms with Gasteiger partial charge >= 0.3 is 5.97 Å². The van der Waals surface area contributed by atoms with Gasteiger partial charge in [0.05, 0.1) is 6.61 Å². The average Bonchev–Trinajstić information content (AvgIpc) is 2.31. The SMILES string of the molecule is CCCCC(=O)OCCCc1cc(N)cc(N)c1. The number of aryl methyl sites for hydroxylation is 1. The number of carbonyl (C=O) groups is 1. The van der Waals surface area contributed by atoms with Crippen LogP contribution in [-0.4, -0.2) is 12.6 Å². The number of esters is 1. The van der Waals surface area contributed by atoms with E-state index in [0.29, 0.717) is 24.4 Å². The largest absolute Gasteiger partial charge is 0.466 e. The van der Waals surface area contributed by atoms with E-state index in [1.54, 1.807) is 6.07 Å². The number of nitrogen functional groups attached to an aromatic ring is 2. The van der Waals surface area contributed by atoms with Crippen molar-refractivity contribution in [1.29, 1.82) is 0 Å². The van der Waals surface area contributed by atoms with Crippen molar-refractivity contribution >= 4 is 17.3 Å². The van der Waals surface area contributed by atoms with Crippen molar-refractivity contribution in [3.8, 4) is 0 Å². The summed E-state index contributed by atoms with van der Waals surface area (Å²) in [6.45, 7) is 2.51. The summed E-state index contributed by atoms with van der Waals surface area (Å²) in [6.07, 6.45) is 4.03. The zero-order chi connectivity index (χ0) is 13.4. The number of carbonyl (C=O) groups excluding carboxylic acids is 1. The van der Waals surface area contributed by atoms with E-state index >= 15 is 0 Å². The maximum Gasteiger partial charge on any atom is 0.305 e. The Morgan fingerprint density at radius 2 is 1.83 bits per heavy atom. The molecule has 1 aromatic rings. The summed E-state index contributed by atoms with van der Waals surface area (Å²) >= 11 is 0. The lowest BCUT2D eigenvalue weighted by Crippen LogP contribution is -2.06. The van der Waals surface area contributed by atoms with Crippen molar-refractivity contribution in [2.45, 2.75) is 39.0 Å². The van der Waals surface area contributed by atoms with Gasteiger partial charge in [0.1, 0.15) is 0 Å². The zero-order valence-electron chi connectivity index (χ0n) is 10.9. The van der Waals surface area contributed by atoms with Crippen LogP contribution in [0.2, 0.25) is 0 Å². The number of nitrogens with two attached hydrogens (primary N) is 2. The maximum absolute atomic E-state index is 11.3. The first kappa shape index (κ1) is 14.4. The van der Waals surface area contributed by atoms with E-state index in [4.69, 9.17) is 16.2 Å². The summed E-state index contributed by atoms with van der Waals surface area (Å²) in [7, 11) is 0. The minimum atomic E-state index is -0.107. The predicted molar refractivity (Wildman–Crippen MR) is 74.1 cm³/mol. The fourth-order valence-electron chi connectivity index (χ4n) is 1.75. The number of ether oxygens (including phenoxy) is 1. The molecule has 0 aliphatic heterocycles. The Labute approximate surface area is 108 Å². The minimum Gasteiger partial charge on any atom is -0.466 e. The minimum absolute atomic E-state index is 0.107. The molecular weight excluding hydrogens is 228 g/mol. The molecule has 1 rings (SSSR count). The Kier molecular flexibility index (Phi) is 6.05. The molecule has 100 valence electrons. The monoisotopic (exact) mass is 250 g/mol. The summed E-state index contributed by atoms with van der Waals surface area (Å²) < 4.78 is 5.12. The summed E-state index contributed by atoms with van der Waals surface area (Å²) in [5, 5.41) is 0. The van der Waals surface area contributed by atoms with E-state index in [9.17, 15) is 4.79 Å². The molecule has 0 aromatic heterocycles. The predicted octanol–water partition coefficient (Wildman–Crippen LogP) is 2.52. The van der Waals surface area contributed by atoms with Gasteiger partial charge in [-0.1, -0.05) is 13.3 Å². The van der Waals surface area contributed by atoms with Crippen LogP contribution in [0.15, 0.2) is 18.2 Å². The normalized spacial score (nSPS) is 10.3. The number of hydrogen-bond acceptors (Lipinski definition) is 4. The van der Waals surface area contributed by atoms with Crippen molar-refractivity contribution in [2.24, 2.45) is 0 Å². The quantitative estimate of drug-likeness (QED) is 0.443. The Balaban J connectivity index is 2.23. The van der Waals surface area contributed by atoms with Crippen LogP contribution in [0.3, 0.4) is 0 Å². The van der Waals surface area contributed by atoms with Gasteiger partial charge in [-0.15, -0.1) is 0 Å². The molecule has 1 aromatic carbocycles. The van der Waals surface area contributed by atoms with Crippen LogP contribution in [0, 0.1) is 0 Å². The summed E-state index contributed by atoms with van der Waals surface area (Å²) in [4.78, 5) is 11.3. The van der Waals surface area contributed by atoms with Crippen LogP contribution < -0.4 is 11.5 Å². The lowest BCUT2D eigenvalue weighted by Gasteiger charge is -2.06. The smallest absolute Gasteiger partial charge is 0.305 e. The molecule has 0 heterocycles. The van der Waals surface area contributed by atoms with E-state index in [0.717, 1.165) is 31.2 Å². The molecular formula is C14H22N2O2. The molecule has 0 spiro atoms. The van der Waals surface area contributed by atoms with Gasteiger partial charge in [-0.3, -0.25) is 4.79 Å². The standard InChI is InChI=1S/C14H22N2O2/c1-2-3-6-14(17)18-7-4-5-11-8-12(15)10-13(16)9-11/h8-10H,2-7,15-16H2,1H3. The zero-order valence-corrected chi connectivity index (χ0v) is 10.9. The van der Waals surface area contributed by atoms with Crippen molar-refractivity contribution in [3.63, 3.8) is 0 Å². The van der Waals surface area contributed by atoms with E-state index in [2.05, 4.69) is 6.92 Å². The molecule has 0 amide bonds. The van der Waals surface area contributed by atoms with Crippen LogP contribution in [0.4, 0.5) is 11.4 Å². The first-order chi connectivity index (χ1) is 8.61. The van der Waals surface area contributed by atoms with Crippen molar-refractivity contribution in [3.05, 3.63) is 23.8 Å². The highest BCUT2D eigenvalue weighted by molar-refractivity contribution is 5.69. The molecule has 0 aliphatic rings. The molecule has 0 saturated carbocycles. The highest BCUT2D eigenvalue weighted by Crippen LogP contribution is 2.15. The average molecular weight is 250 g/mol. The highest BCUT2D eigenvalue weighted by atomic mass is 16.5. The Hall–Kier alpha value is -1.71. The first-order valence-corrected chi connectivity index (χ1v) is 6.42. The Bertz CT molecular complexity index is 371. The van der Waals surface area contributed by atoms with Gasteiger partial charge in [-0.25, -0.2) is 0 Å². The van der Waals surface area contributed by atoms with Gasteiger partial charge < -0.3 is 16.2 Å². The molecule has 0 aliphatic carbocycles. The molecule has 18 heavy (non-hydrogen) atoms.